The molecular formula is C22H19N3O2S2. The summed E-state index contributed by atoms with van der Waals surface area (Å²) < 4.78 is 6.30. The molecule has 29 heavy (non-hydrogen) atoms. The molecule has 4 aromatic rings. The molecule has 0 saturated heterocycles. The van der Waals surface area contributed by atoms with E-state index < -0.39 is 0 Å². The number of carbonyl (C=O) groups excluding carboxylic acids is 1. The number of carbonyl (C=O) groups is 1. The van der Waals surface area contributed by atoms with Crippen LogP contribution in [0, 0.1) is 13.8 Å². The zero-order valence-corrected chi connectivity index (χ0v) is 17.9. The molecule has 146 valence electrons. The Balaban J connectivity index is 1.64. The number of ether oxygens (including phenoxy) is 1. The lowest BCUT2D eigenvalue weighted by molar-refractivity contribution is 0.102. The summed E-state index contributed by atoms with van der Waals surface area (Å²) in [5.41, 5.74) is 4.33. The smallest absolute Gasteiger partial charge is 0.173 e. The number of hydrogen-bond donors (Lipinski definition) is 0. The summed E-state index contributed by atoms with van der Waals surface area (Å²) in [5.74, 6) is 1.12. The zero-order valence-electron chi connectivity index (χ0n) is 16.3. The summed E-state index contributed by atoms with van der Waals surface area (Å²) in [6.07, 6.45) is 0. The van der Waals surface area contributed by atoms with Gasteiger partial charge in [-0.1, -0.05) is 53.7 Å². The van der Waals surface area contributed by atoms with Crippen LogP contribution >= 0.6 is 23.1 Å². The lowest BCUT2D eigenvalue weighted by atomic mass is 10.1. The number of thiazole rings is 1. The van der Waals surface area contributed by atoms with Gasteiger partial charge in [-0.15, -0.1) is 21.5 Å². The lowest BCUT2D eigenvalue weighted by Gasteiger charge is -2.06. The van der Waals surface area contributed by atoms with Gasteiger partial charge in [0.25, 0.3) is 0 Å². The molecule has 0 spiro atoms. The first kappa shape index (κ1) is 19.5. The summed E-state index contributed by atoms with van der Waals surface area (Å²) in [5, 5.41) is 10.5. The Bertz CT molecular complexity index is 1190. The van der Waals surface area contributed by atoms with Gasteiger partial charge in [0.15, 0.2) is 5.78 Å². The van der Waals surface area contributed by atoms with Gasteiger partial charge in [-0.2, -0.15) is 0 Å². The highest BCUT2D eigenvalue weighted by Crippen LogP contribution is 2.36. The Morgan fingerprint density at radius 3 is 2.66 bits per heavy atom. The molecule has 0 saturated carbocycles. The van der Waals surface area contributed by atoms with E-state index in [4.69, 9.17) is 4.74 Å². The first-order valence-corrected chi connectivity index (χ1v) is 10.9. The van der Waals surface area contributed by atoms with Crippen molar-refractivity contribution in [3.05, 3.63) is 64.7 Å². The van der Waals surface area contributed by atoms with Gasteiger partial charge in [0.1, 0.15) is 22.0 Å². The highest BCUT2D eigenvalue weighted by molar-refractivity contribution is 8.00. The van der Waals surface area contributed by atoms with Gasteiger partial charge < -0.3 is 4.74 Å². The molecular weight excluding hydrogens is 402 g/mol. The summed E-state index contributed by atoms with van der Waals surface area (Å²) >= 11 is 2.96. The van der Waals surface area contributed by atoms with E-state index in [1.54, 1.807) is 18.4 Å². The number of thioether (sulfide) groups is 1. The lowest BCUT2D eigenvalue weighted by Crippen LogP contribution is -2.03. The second-order valence-electron chi connectivity index (χ2n) is 6.57. The predicted molar refractivity (Wildman–Crippen MR) is 118 cm³/mol. The highest BCUT2D eigenvalue weighted by atomic mass is 32.2. The molecule has 0 aliphatic carbocycles. The minimum absolute atomic E-state index is 0.0637. The quantitative estimate of drug-likeness (QED) is 0.309. The van der Waals surface area contributed by atoms with Crippen LogP contribution in [0.2, 0.25) is 0 Å². The van der Waals surface area contributed by atoms with E-state index >= 15 is 0 Å². The van der Waals surface area contributed by atoms with Gasteiger partial charge >= 0.3 is 0 Å². The number of nitrogens with zero attached hydrogens (tertiary/aromatic N) is 3. The third kappa shape index (κ3) is 4.16. The Labute approximate surface area is 177 Å². The van der Waals surface area contributed by atoms with Crippen LogP contribution in [-0.4, -0.2) is 33.8 Å². The molecule has 0 unspecified atom stereocenters. The first-order chi connectivity index (χ1) is 14.0. The second-order valence-corrected chi connectivity index (χ2v) is 8.74. The van der Waals surface area contributed by atoms with E-state index in [0.29, 0.717) is 16.3 Å². The van der Waals surface area contributed by atoms with Crippen LogP contribution < -0.4 is 4.74 Å². The largest absolute Gasteiger partial charge is 0.497 e. The topological polar surface area (TPSA) is 65.0 Å². The minimum atomic E-state index is 0.0637. The van der Waals surface area contributed by atoms with Gasteiger partial charge in [0.2, 0.25) is 0 Å². The standard InChI is InChI=1S/C22H19N3O2S2/c1-13-7-9-15(10-8-13)18(26)12-28-22-20-21(29-14(2)23-20)19(24-25-22)16-5-4-6-17(11-16)27-3/h4-11H,12H2,1-3H3. The SMILES string of the molecule is COc1cccc(-c2nnc(SCC(=O)c3ccc(C)cc3)c3nc(C)sc23)c1. The van der Waals surface area contributed by atoms with Crippen LogP contribution in [0.3, 0.4) is 0 Å². The molecule has 0 fully saturated rings. The Morgan fingerprint density at radius 2 is 1.90 bits per heavy atom. The average Bonchev–Trinajstić information content (AvgIpc) is 3.13. The fourth-order valence-corrected chi connectivity index (χ4v) is 4.74. The molecule has 7 heteroatoms. The third-order valence-electron chi connectivity index (χ3n) is 4.45. The second kappa shape index (κ2) is 8.31. The summed E-state index contributed by atoms with van der Waals surface area (Å²) in [7, 11) is 1.64. The van der Waals surface area contributed by atoms with Gasteiger partial charge in [0, 0.05) is 11.1 Å². The van der Waals surface area contributed by atoms with Gasteiger partial charge in [-0.3, -0.25) is 4.79 Å². The fraction of sp³-hybridized carbons (Fsp3) is 0.182. The predicted octanol–water partition coefficient (Wildman–Crippen LogP) is 5.35. The van der Waals surface area contributed by atoms with Crippen molar-refractivity contribution in [2.45, 2.75) is 18.9 Å². The van der Waals surface area contributed by atoms with Crippen LogP contribution in [0.1, 0.15) is 20.9 Å². The van der Waals surface area contributed by atoms with Crippen LogP contribution in [0.25, 0.3) is 21.5 Å². The third-order valence-corrected chi connectivity index (χ3v) is 6.38. The Morgan fingerprint density at radius 1 is 1.10 bits per heavy atom. The van der Waals surface area contributed by atoms with Crippen LogP contribution in [0.5, 0.6) is 5.75 Å². The van der Waals surface area contributed by atoms with E-state index in [2.05, 4.69) is 15.2 Å². The van der Waals surface area contributed by atoms with E-state index in [9.17, 15) is 4.79 Å². The maximum Gasteiger partial charge on any atom is 0.173 e. The van der Waals surface area contributed by atoms with E-state index in [1.165, 1.54) is 11.8 Å². The summed E-state index contributed by atoms with van der Waals surface area (Å²) in [4.78, 5) is 17.2. The molecule has 2 aromatic heterocycles. The summed E-state index contributed by atoms with van der Waals surface area (Å²) in [6, 6.07) is 15.4. The zero-order chi connectivity index (χ0) is 20.4. The number of benzene rings is 2. The highest BCUT2D eigenvalue weighted by Gasteiger charge is 2.17. The van der Waals surface area contributed by atoms with Crippen molar-refractivity contribution in [1.82, 2.24) is 15.2 Å². The molecule has 4 rings (SSSR count). The molecule has 0 bridgehead atoms. The first-order valence-electron chi connectivity index (χ1n) is 9.06. The number of Topliss-reactive ketones (excluding diaryl/α,β-unsaturated/α-hetero) is 1. The molecule has 2 aromatic carbocycles. The van der Waals surface area contributed by atoms with Crippen LogP contribution in [0.4, 0.5) is 0 Å². The average molecular weight is 422 g/mol. The Kier molecular flexibility index (Phi) is 5.60. The molecule has 0 radical (unpaired) electrons. The van der Waals surface area contributed by atoms with Crippen molar-refractivity contribution in [3.8, 4) is 17.0 Å². The molecule has 0 amide bonds. The molecule has 0 N–H and O–H groups in total. The van der Waals surface area contributed by atoms with Crippen molar-refractivity contribution in [1.29, 1.82) is 0 Å². The fourth-order valence-electron chi connectivity index (χ4n) is 2.93. The van der Waals surface area contributed by atoms with Crippen molar-refractivity contribution in [2.24, 2.45) is 0 Å². The molecule has 2 heterocycles. The number of hydrogen-bond acceptors (Lipinski definition) is 7. The van der Waals surface area contributed by atoms with E-state index in [1.807, 2.05) is 62.4 Å². The summed E-state index contributed by atoms with van der Waals surface area (Å²) in [6.45, 7) is 3.97. The molecule has 0 aliphatic rings. The van der Waals surface area contributed by atoms with E-state index in [0.717, 1.165) is 37.8 Å². The van der Waals surface area contributed by atoms with E-state index in [-0.39, 0.29) is 5.78 Å². The number of fused-ring (bicyclic) bond motifs is 1. The van der Waals surface area contributed by atoms with Crippen molar-refractivity contribution in [2.75, 3.05) is 12.9 Å². The number of ketones is 1. The Hall–Kier alpha value is -2.77. The van der Waals surface area contributed by atoms with Crippen molar-refractivity contribution < 1.29 is 9.53 Å². The number of aromatic nitrogens is 3. The van der Waals surface area contributed by atoms with Crippen molar-refractivity contribution >= 4 is 39.1 Å². The number of rotatable bonds is 6. The minimum Gasteiger partial charge on any atom is -0.497 e. The molecule has 5 nitrogen and oxygen atoms in total. The normalized spacial score (nSPS) is 11.0. The van der Waals surface area contributed by atoms with Gasteiger partial charge in [-0.05, 0) is 26.0 Å². The van der Waals surface area contributed by atoms with Crippen LogP contribution in [0.15, 0.2) is 53.6 Å². The maximum absolute atomic E-state index is 12.5. The van der Waals surface area contributed by atoms with Gasteiger partial charge in [0.05, 0.1) is 22.6 Å². The number of aryl methyl sites for hydroxylation is 2. The van der Waals surface area contributed by atoms with Crippen LogP contribution in [-0.2, 0) is 0 Å². The maximum atomic E-state index is 12.5. The van der Waals surface area contributed by atoms with Gasteiger partial charge in [-0.25, -0.2) is 4.98 Å². The van der Waals surface area contributed by atoms with Crippen molar-refractivity contribution in [3.63, 3.8) is 0 Å². The molecule has 0 aliphatic heterocycles. The number of methoxy groups -OCH3 is 1. The molecule has 0 atom stereocenters. The monoisotopic (exact) mass is 421 g/mol.